The van der Waals surface area contributed by atoms with Crippen LogP contribution in [0, 0.1) is 0 Å². The molecule has 1 fully saturated rings. The van der Waals surface area contributed by atoms with Crippen molar-refractivity contribution in [1.82, 2.24) is 4.90 Å². The van der Waals surface area contributed by atoms with Crippen molar-refractivity contribution in [3.05, 3.63) is 29.3 Å². The molecule has 1 aliphatic carbocycles. The molecule has 4 heteroatoms. The summed E-state index contributed by atoms with van der Waals surface area (Å²) in [7, 11) is 1.70. The second-order valence-electron chi connectivity index (χ2n) is 6.05. The molecule has 0 radical (unpaired) electrons. The summed E-state index contributed by atoms with van der Waals surface area (Å²) < 4.78 is 11.0. The maximum Gasteiger partial charge on any atom is 0.119 e. The number of fused-ring (bicyclic) bond motifs is 1. The van der Waals surface area contributed by atoms with Gasteiger partial charge in [-0.05, 0) is 43.5 Å². The molecule has 2 aliphatic rings. The quantitative estimate of drug-likeness (QED) is 0.893. The minimum Gasteiger partial charge on any atom is -0.497 e. The Labute approximate surface area is 120 Å². The fourth-order valence-corrected chi connectivity index (χ4v) is 3.47. The maximum absolute atomic E-state index is 6.51. The second kappa shape index (κ2) is 5.35. The average Bonchev–Trinajstić information content (AvgIpc) is 2.78. The molecular formula is C16H24N2O2. The lowest BCUT2D eigenvalue weighted by Crippen LogP contribution is -2.54. The van der Waals surface area contributed by atoms with E-state index in [0.717, 1.165) is 25.3 Å². The number of nitrogens with zero attached hydrogens (tertiary/aromatic N) is 1. The summed E-state index contributed by atoms with van der Waals surface area (Å²) in [5, 5.41) is 0. The number of hydrogen-bond acceptors (Lipinski definition) is 4. The van der Waals surface area contributed by atoms with Gasteiger partial charge in [0.25, 0.3) is 0 Å². The molecule has 4 nitrogen and oxygen atoms in total. The molecule has 4 atom stereocenters. The molecule has 0 amide bonds. The van der Waals surface area contributed by atoms with Crippen LogP contribution in [0.5, 0.6) is 5.75 Å². The van der Waals surface area contributed by atoms with Crippen molar-refractivity contribution in [3.63, 3.8) is 0 Å². The van der Waals surface area contributed by atoms with Gasteiger partial charge in [-0.3, -0.25) is 4.90 Å². The van der Waals surface area contributed by atoms with E-state index in [4.69, 9.17) is 15.2 Å². The van der Waals surface area contributed by atoms with Crippen molar-refractivity contribution >= 4 is 0 Å². The topological polar surface area (TPSA) is 47.7 Å². The molecule has 110 valence electrons. The minimum atomic E-state index is 0.0628. The summed E-state index contributed by atoms with van der Waals surface area (Å²) in [5.41, 5.74) is 9.11. The monoisotopic (exact) mass is 276 g/mol. The standard InChI is InChI=1S/C16H24N2O2/c1-10-9-20-11(2)8-18(10)15-6-12-4-5-13(19-3)7-14(12)16(15)17/h4-5,7,10-11,15-16H,6,8-9,17H2,1-3H3. The Kier molecular flexibility index (Phi) is 3.71. The minimum absolute atomic E-state index is 0.0628. The molecule has 2 N–H and O–H groups in total. The van der Waals surface area contributed by atoms with Crippen molar-refractivity contribution in [3.8, 4) is 5.75 Å². The third-order valence-corrected chi connectivity index (χ3v) is 4.64. The summed E-state index contributed by atoms with van der Waals surface area (Å²) in [6.07, 6.45) is 1.31. The summed E-state index contributed by atoms with van der Waals surface area (Å²) in [6.45, 7) is 6.12. The first-order valence-corrected chi connectivity index (χ1v) is 7.40. The highest BCUT2D eigenvalue weighted by molar-refractivity contribution is 5.42. The van der Waals surface area contributed by atoms with Crippen LogP contribution < -0.4 is 10.5 Å². The first kappa shape index (κ1) is 13.9. The predicted molar refractivity (Wildman–Crippen MR) is 79.0 cm³/mol. The van der Waals surface area contributed by atoms with Crippen LogP contribution in [-0.2, 0) is 11.2 Å². The summed E-state index contributed by atoms with van der Waals surface area (Å²) >= 11 is 0. The SMILES string of the molecule is COc1ccc2c(c1)C(N)C(N1CC(C)OCC1C)C2. The molecule has 20 heavy (non-hydrogen) atoms. The number of nitrogens with two attached hydrogens (primary N) is 1. The first-order chi connectivity index (χ1) is 9.60. The molecule has 3 rings (SSSR count). The highest BCUT2D eigenvalue weighted by Gasteiger charge is 2.38. The van der Waals surface area contributed by atoms with Crippen LogP contribution >= 0.6 is 0 Å². The van der Waals surface area contributed by atoms with E-state index in [9.17, 15) is 0 Å². The number of hydrogen-bond donors (Lipinski definition) is 1. The summed E-state index contributed by atoms with van der Waals surface area (Å²) in [4.78, 5) is 2.52. The number of methoxy groups -OCH3 is 1. The molecule has 1 aromatic carbocycles. The van der Waals surface area contributed by atoms with Gasteiger partial charge in [0, 0.05) is 24.7 Å². The van der Waals surface area contributed by atoms with Gasteiger partial charge in [-0.25, -0.2) is 0 Å². The number of benzene rings is 1. The number of ether oxygens (including phenoxy) is 2. The van der Waals surface area contributed by atoms with Crippen LogP contribution in [-0.4, -0.2) is 43.3 Å². The zero-order chi connectivity index (χ0) is 14.3. The molecule has 1 heterocycles. The Hall–Kier alpha value is -1.10. The zero-order valence-corrected chi connectivity index (χ0v) is 12.5. The van der Waals surface area contributed by atoms with Crippen LogP contribution in [0.3, 0.4) is 0 Å². The van der Waals surface area contributed by atoms with Crippen LogP contribution in [0.1, 0.15) is 31.0 Å². The van der Waals surface area contributed by atoms with Crippen LogP contribution in [0.25, 0.3) is 0 Å². The van der Waals surface area contributed by atoms with Crippen LogP contribution in [0.2, 0.25) is 0 Å². The fraction of sp³-hybridized carbons (Fsp3) is 0.625. The van der Waals surface area contributed by atoms with Gasteiger partial charge in [0.1, 0.15) is 5.75 Å². The highest BCUT2D eigenvalue weighted by atomic mass is 16.5. The Morgan fingerprint density at radius 2 is 2.15 bits per heavy atom. The second-order valence-corrected chi connectivity index (χ2v) is 6.05. The lowest BCUT2D eigenvalue weighted by molar-refractivity contribution is -0.0679. The van der Waals surface area contributed by atoms with Crippen molar-refractivity contribution < 1.29 is 9.47 Å². The Morgan fingerprint density at radius 1 is 1.35 bits per heavy atom. The van der Waals surface area contributed by atoms with Gasteiger partial charge in [0.15, 0.2) is 0 Å². The largest absolute Gasteiger partial charge is 0.497 e. The molecule has 1 aliphatic heterocycles. The van der Waals surface area contributed by atoms with Gasteiger partial charge in [0.2, 0.25) is 0 Å². The van der Waals surface area contributed by atoms with Gasteiger partial charge in [0.05, 0.1) is 19.8 Å². The Morgan fingerprint density at radius 3 is 2.90 bits per heavy atom. The predicted octanol–water partition coefficient (Wildman–Crippen LogP) is 1.73. The van der Waals surface area contributed by atoms with Gasteiger partial charge in [-0.2, -0.15) is 0 Å². The van der Waals surface area contributed by atoms with E-state index in [0.29, 0.717) is 12.1 Å². The maximum atomic E-state index is 6.51. The molecule has 1 saturated heterocycles. The third-order valence-electron chi connectivity index (χ3n) is 4.64. The zero-order valence-electron chi connectivity index (χ0n) is 12.5. The van der Waals surface area contributed by atoms with Crippen molar-refractivity contribution in [2.45, 2.75) is 44.5 Å². The summed E-state index contributed by atoms with van der Waals surface area (Å²) in [5.74, 6) is 0.892. The van der Waals surface area contributed by atoms with E-state index in [1.807, 2.05) is 6.07 Å². The Balaban J connectivity index is 1.83. The van der Waals surface area contributed by atoms with Gasteiger partial charge >= 0.3 is 0 Å². The number of rotatable bonds is 2. The van der Waals surface area contributed by atoms with E-state index in [1.54, 1.807) is 7.11 Å². The lowest BCUT2D eigenvalue weighted by atomic mass is 10.0. The van der Waals surface area contributed by atoms with Gasteiger partial charge in [-0.15, -0.1) is 0 Å². The number of morpholine rings is 1. The molecular weight excluding hydrogens is 252 g/mol. The Bertz CT molecular complexity index is 491. The molecule has 0 bridgehead atoms. The smallest absolute Gasteiger partial charge is 0.119 e. The van der Waals surface area contributed by atoms with E-state index < -0.39 is 0 Å². The molecule has 0 aromatic heterocycles. The first-order valence-electron chi connectivity index (χ1n) is 7.40. The van der Waals surface area contributed by atoms with E-state index in [2.05, 4.69) is 30.9 Å². The lowest BCUT2D eigenvalue weighted by Gasteiger charge is -2.42. The molecule has 1 aromatic rings. The van der Waals surface area contributed by atoms with Crippen molar-refractivity contribution in [1.29, 1.82) is 0 Å². The molecule has 0 saturated carbocycles. The van der Waals surface area contributed by atoms with E-state index in [1.165, 1.54) is 11.1 Å². The third kappa shape index (κ3) is 2.32. The average molecular weight is 276 g/mol. The summed E-state index contributed by atoms with van der Waals surface area (Å²) in [6, 6.07) is 7.14. The van der Waals surface area contributed by atoms with Crippen molar-refractivity contribution in [2.24, 2.45) is 5.73 Å². The highest BCUT2D eigenvalue weighted by Crippen LogP contribution is 2.36. The van der Waals surface area contributed by atoms with Gasteiger partial charge in [-0.1, -0.05) is 6.07 Å². The van der Waals surface area contributed by atoms with Crippen LogP contribution in [0.15, 0.2) is 18.2 Å². The van der Waals surface area contributed by atoms with Crippen LogP contribution in [0.4, 0.5) is 0 Å². The van der Waals surface area contributed by atoms with E-state index >= 15 is 0 Å². The normalized spacial score (nSPS) is 34.0. The molecule has 4 unspecified atom stereocenters. The van der Waals surface area contributed by atoms with Gasteiger partial charge < -0.3 is 15.2 Å². The fourth-order valence-electron chi connectivity index (χ4n) is 3.47. The molecule has 0 spiro atoms. The van der Waals surface area contributed by atoms with E-state index in [-0.39, 0.29) is 12.1 Å². The van der Waals surface area contributed by atoms with Crippen molar-refractivity contribution in [2.75, 3.05) is 20.3 Å².